The lowest BCUT2D eigenvalue weighted by molar-refractivity contribution is -0.124. The molecule has 1 aromatic carbocycles. The maximum absolute atomic E-state index is 12.5. The summed E-state index contributed by atoms with van der Waals surface area (Å²) in [5, 5.41) is 3.11. The lowest BCUT2D eigenvalue weighted by Crippen LogP contribution is -2.35. The van der Waals surface area contributed by atoms with Gasteiger partial charge < -0.3 is 5.32 Å². The number of nitrogens with one attached hydrogen (secondary N) is 3. The highest BCUT2D eigenvalue weighted by atomic mass is 16.2. The fourth-order valence-corrected chi connectivity index (χ4v) is 3.33. The number of hydrogen-bond acceptors (Lipinski definition) is 3. The molecule has 3 rings (SSSR count). The lowest BCUT2D eigenvalue weighted by atomic mass is 9.94. The van der Waals surface area contributed by atoms with E-state index in [0.717, 1.165) is 18.5 Å². The molecule has 4 heteroatoms. The summed E-state index contributed by atoms with van der Waals surface area (Å²) in [7, 11) is 0. The Hall–Kier alpha value is -1.65. The van der Waals surface area contributed by atoms with Gasteiger partial charge in [0, 0.05) is 13.1 Å². The molecule has 2 atom stereocenters. The zero-order chi connectivity index (χ0) is 15.2. The summed E-state index contributed by atoms with van der Waals surface area (Å²) in [6, 6.07) is 10.2. The van der Waals surface area contributed by atoms with Gasteiger partial charge in [0.1, 0.15) is 0 Å². The van der Waals surface area contributed by atoms with E-state index in [-0.39, 0.29) is 17.9 Å². The van der Waals surface area contributed by atoms with Gasteiger partial charge in [-0.2, -0.15) is 0 Å². The minimum absolute atomic E-state index is 0.0510. The van der Waals surface area contributed by atoms with Crippen LogP contribution in [0.25, 0.3) is 0 Å². The fraction of sp³-hybridized carbons (Fsp3) is 0.500. The number of carbonyl (C=O) groups excluding carboxylic acids is 1. The Morgan fingerprint density at radius 2 is 2.09 bits per heavy atom. The van der Waals surface area contributed by atoms with Crippen LogP contribution in [0, 0.1) is 5.92 Å². The second kappa shape index (κ2) is 7.56. The lowest BCUT2D eigenvalue weighted by Gasteiger charge is -2.19. The van der Waals surface area contributed by atoms with Gasteiger partial charge in [-0.15, -0.1) is 0 Å². The topological polar surface area (TPSA) is 53.2 Å². The number of amides is 1. The van der Waals surface area contributed by atoms with Crippen molar-refractivity contribution >= 4 is 5.91 Å². The molecule has 3 N–H and O–H groups in total. The average Bonchev–Trinajstić information content (AvgIpc) is 3.06. The number of rotatable bonds is 5. The van der Waals surface area contributed by atoms with E-state index in [2.05, 4.69) is 34.4 Å². The zero-order valence-electron chi connectivity index (χ0n) is 13.0. The normalized spacial score (nSPS) is 24.8. The van der Waals surface area contributed by atoms with E-state index in [4.69, 9.17) is 0 Å². The van der Waals surface area contributed by atoms with Crippen LogP contribution in [0.1, 0.15) is 43.7 Å². The standard InChI is InChI=1S/C18H25N3O/c22-18(19-12-11-14-7-3-1-4-8-14)16-13-20-21-17(16)15-9-5-2-6-10-15/h2,5-7,9-10,16-17,20-21H,1,3-4,8,11-13H2,(H,19,22). The number of carbonyl (C=O) groups is 1. The quantitative estimate of drug-likeness (QED) is 0.732. The highest BCUT2D eigenvalue weighted by Gasteiger charge is 2.33. The monoisotopic (exact) mass is 299 g/mol. The molecule has 1 aliphatic heterocycles. The molecule has 0 aromatic heterocycles. The van der Waals surface area contributed by atoms with E-state index < -0.39 is 0 Å². The first kappa shape index (κ1) is 15.3. The summed E-state index contributed by atoms with van der Waals surface area (Å²) in [4.78, 5) is 12.5. The molecule has 0 saturated carbocycles. The predicted octanol–water partition coefficient (Wildman–Crippen LogP) is 2.46. The molecule has 0 bridgehead atoms. The van der Waals surface area contributed by atoms with E-state index in [1.165, 1.54) is 31.3 Å². The Morgan fingerprint density at radius 1 is 1.23 bits per heavy atom. The van der Waals surface area contributed by atoms with Crippen LogP contribution >= 0.6 is 0 Å². The van der Waals surface area contributed by atoms with Crippen molar-refractivity contribution in [3.05, 3.63) is 47.5 Å². The van der Waals surface area contributed by atoms with Gasteiger partial charge in [-0.05, 0) is 37.7 Å². The van der Waals surface area contributed by atoms with Crippen molar-refractivity contribution in [2.45, 2.75) is 38.1 Å². The molecule has 2 unspecified atom stereocenters. The van der Waals surface area contributed by atoms with E-state index in [1.54, 1.807) is 0 Å². The third-order valence-corrected chi connectivity index (χ3v) is 4.61. The van der Waals surface area contributed by atoms with Crippen LogP contribution in [-0.4, -0.2) is 19.0 Å². The zero-order valence-corrected chi connectivity index (χ0v) is 13.0. The smallest absolute Gasteiger partial charge is 0.226 e. The van der Waals surface area contributed by atoms with Gasteiger partial charge in [0.2, 0.25) is 5.91 Å². The molecule has 2 aliphatic rings. The SMILES string of the molecule is O=C(NCCC1=CCCCC1)C1CNNC1c1ccccc1. The van der Waals surface area contributed by atoms with Crippen LogP contribution in [0.4, 0.5) is 0 Å². The van der Waals surface area contributed by atoms with Crippen LogP contribution in [0.15, 0.2) is 42.0 Å². The van der Waals surface area contributed by atoms with Gasteiger partial charge in [-0.1, -0.05) is 42.0 Å². The van der Waals surface area contributed by atoms with Crippen LogP contribution in [0.5, 0.6) is 0 Å². The highest BCUT2D eigenvalue weighted by molar-refractivity contribution is 5.80. The molecule has 22 heavy (non-hydrogen) atoms. The summed E-state index contributed by atoms with van der Waals surface area (Å²) in [6.45, 7) is 1.43. The molecular formula is C18H25N3O. The van der Waals surface area contributed by atoms with E-state index >= 15 is 0 Å². The van der Waals surface area contributed by atoms with Gasteiger partial charge in [-0.3, -0.25) is 10.2 Å². The molecule has 1 saturated heterocycles. The number of allylic oxidation sites excluding steroid dienone is 1. The number of hydrogen-bond donors (Lipinski definition) is 3. The summed E-state index contributed by atoms with van der Waals surface area (Å²) in [5.41, 5.74) is 9.00. The molecule has 0 spiro atoms. The summed E-state index contributed by atoms with van der Waals surface area (Å²) >= 11 is 0. The van der Waals surface area contributed by atoms with E-state index in [1.807, 2.05) is 18.2 Å². The Morgan fingerprint density at radius 3 is 2.86 bits per heavy atom. The molecule has 1 heterocycles. The summed E-state index contributed by atoms with van der Waals surface area (Å²) < 4.78 is 0. The second-order valence-electron chi connectivity index (χ2n) is 6.17. The number of hydrazine groups is 1. The maximum atomic E-state index is 12.5. The van der Waals surface area contributed by atoms with Crippen molar-refractivity contribution in [3.63, 3.8) is 0 Å². The molecule has 118 valence electrons. The largest absolute Gasteiger partial charge is 0.355 e. The van der Waals surface area contributed by atoms with Crippen molar-refractivity contribution in [2.24, 2.45) is 5.92 Å². The van der Waals surface area contributed by atoms with E-state index in [0.29, 0.717) is 6.54 Å². The van der Waals surface area contributed by atoms with Crippen LogP contribution in [-0.2, 0) is 4.79 Å². The predicted molar refractivity (Wildman–Crippen MR) is 88.0 cm³/mol. The number of benzene rings is 1. The fourth-order valence-electron chi connectivity index (χ4n) is 3.33. The van der Waals surface area contributed by atoms with Crippen molar-refractivity contribution in [2.75, 3.05) is 13.1 Å². The Bertz CT molecular complexity index is 526. The molecule has 1 amide bonds. The third-order valence-electron chi connectivity index (χ3n) is 4.61. The van der Waals surface area contributed by atoms with Gasteiger partial charge in [0.25, 0.3) is 0 Å². The van der Waals surface area contributed by atoms with Crippen molar-refractivity contribution in [3.8, 4) is 0 Å². The Kier molecular flexibility index (Phi) is 5.24. The first-order valence-electron chi connectivity index (χ1n) is 8.33. The first-order valence-corrected chi connectivity index (χ1v) is 8.33. The molecule has 0 radical (unpaired) electrons. The summed E-state index contributed by atoms with van der Waals surface area (Å²) in [6.07, 6.45) is 8.36. The van der Waals surface area contributed by atoms with Gasteiger partial charge in [0.15, 0.2) is 0 Å². The van der Waals surface area contributed by atoms with Crippen LogP contribution < -0.4 is 16.2 Å². The molecule has 1 aliphatic carbocycles. The van der Waals surface area contributed by atoms with E-state index in [9.17, 15) is 4.79 Å². The molecular weight excluding hydrogens is 274 g/mol. The minimum atomic E-state index is -0.0530. The first-order chi connectivity index (χ1) is 10.8. The van der Waals surface area contributed by atoms with Gasteiger partial charge in [-0.25, -0.2) is 5.43 Å². The van der Waals surface area contributed by atoms with Crippen LogP contribution in [0.2, 0.25) is 0 Å². The van der Waals surface area contributed by atoms with Crippen molar-refractivity contribution < 1.29 is 4.79 Å². The molecule has 1 aromatic rings. The molecule has 4 nitrogen and oxygen atoms in total. The maximum Gasteiger partial charge on any atom is 0.226 e. The highest BCUT2D eigenvalue weighted by Crippen LogP contribution is 2.25. The second-order valence-corrected chi connectivity index (χ2v) is 6.17. The van der Waals surface area contributed by atoms with Crippen molar-refractivity contribution in [1.82, 2.24) is 16.2 Å². The average molecular weight is 299 g/mol. The minimum Gasteiger partial charge on any atom is -0.355 e. The Labute approximate surface area is 132 Å². The van der Waals surface area contributed by atoms with Crippen LogP contribution in [0.3, 0.4) is 0 Å². The summed E-state index contributed by atoms with van der Waals surface area (Å²) in [5.74, 6) is 0.0884. The third kappa shape index (κ3) is 3.76. The van der Waals surface area contributed by atoms with Crippen molar-refractivity contribution in [1.29, 1.82) is 0 Å². The van der Waals surface area contributed by atoms with Gasteiger partial charge in [0.05, 0.1) is 12.0 Å². The molecule has 1 fully saturated rings. The Balaban J connectivity index is 1.51. The van der Waals surface area contributed by atoms with Gasteiger partial charge >= 0.3 is 0 Å².